The molecule has 8 heteroatoms. The summed E-state index contributed by atoms with van der Waals surface area (Å²) in [5.41, 5.74) is 3.76. The van der Waals surface area contributed by atoms with Crippen LogP contribution in [-0.2, 0) is 10.5 Å². The van der Waals surface area contributed by atoms with Gasteiger partial charge in [-0.25, -0.2) is 9.07 Å². The van der Waals surface area contributed by atoms with Crippen LogP contribution in [0.5, 0.6) is 0 Å². The van der Waals surface area contributed by atoms with Crippen molar-refractivity contribution in [1.82, 2.24) is 14.8 Å². The second-order valence-corrected chi connectivity index (χ2v) is 8.82. The summed E-state index contributed by atoms with van der Waals surface area (Å²) in [7, 11) is 0. The Morgan fingerprint density at radius 1 is 1.03 bits per heavy atom. The Labute approximate surface area is 200 Å². The van der Waals surface area contributed by atoms with Crippen LogP contribution in [0.15, 0.2) is 101 Å². The number of carbonyl (C=O) groups excluding carboxylic acids is 1. The number of fused-ring (bicyclic) bond motifs is 1. The minimum atomic E-state index is -0.556. The fourth-order valence-corrected chi connectivity index (χ4v) is 4.67. The predicted octanol–water partition coefficient (Wildman–Crippen LogP) is 5.64. The van der Waals surface area contributed by atoms with Gasteiger partial charge in [-0.15, -0.1) is 5.10 Å². The zero-order valence-electron chi connectivity index (χ0n) is 18.4. The van der Waals surface area contributed by atoms with Gasteiger partial charge in [0.25, 0.3) is 5.91 Å². The quantitative estimate of drug-likeness (QED) is 0.356. The molecule has 0 saturated carbocycles. The topological polar surface area (TPSA) is 71.8 Å². The van der Waals surface area contributed by atoms with Crippen molar-refractivity contribution in [3.8, 4) is 0 Å². The van der Waals surface area contributed by atoms with Crippen LogP contribution in [0.4, 0.5) is 16.0 Å². The highest BCUT2D eigenvalue weighted by atomic mass is 32.2. The van der Waals surface area contributed by atoms with E-state index >= 15 is 0 Å². The number of benzene rings is 3. The molecular formula is C26H22FN5OS. The molecule has 2 N–H and O–H groups in total. The van der Waals surface area contributed by atoms with E-state index in [4.69, 9.17) is 5.10 Å². The Bertz CT molecular complexity index is 1340. The number of nitrogens with zero attached hydrogens (tertiary/aromatic N) is 3. The van der Waals surface area contributed by atoms with Crippen LogP contribution < -0.4 is 10.6 Å². The van der Waals surface area contributed by atoms with Crippen molar-refractivity contribution in [2.45, 2.75) is 23.9 Å². The van der Waals surface area contributed by atoms with Crippen molar-refractivity contribution >= 4 is 29.3 Å². The van der Waals surface area contributed by atoms with Crippen molar-refractivity contribution in [3.05, 3.63) is 113 Å². The molecule has 0 bridgehead atoms. The molecule has 0 spiro atoms. The Morgan fingerprint density at radius 2 is 1.71 bits per heavy atom. The summed E-state index contributed by atoms with van der Waals surface area (Å²) >= 11 is 1.52. The molecule has 1 aromatic heterocycles. The minimum Gasteiger partial charge on any atom is -0.328 e. The number of halogens is 1. The van der Waals surface area contributed by atoms with Gasteiger partial charge in [0.05, 0.1) is 5.57 Å². The Morgan fingerprint density at radius 3 is 2.41 bits per heavy atom. The molecule has 0 aliphatic carbocycles. The summed E-state index contributed by atoms with van der Waals surface area (Å²) in [6.07, 6.45) is 0. The van der Waals surface area contributed by atoms with Crippen LogP contribution in [-0.4, -0.2) is 20.7 Å². The third-order valence-corrected chi connectivity index (χ3v) is 6.41. The fourth-order valence-electron chi connectivity index (χ4n) is 3.88. The predicted molar refractivity (Wildman–Crippen MR) is 132 cm³/mol. The van der Waals surface area contributed by atoms with Crippen LogP contribution >= 0.6 is 11.8 Å². The maximum Gasteiger partial charge on any atom is 0.255 e. The number of hydrogen-bond donors (Lipinski definition) is 2. The third kappa shape index (κ3) is 4.58. The summed E-state index contributed by atoms with van der Waals surface area (Å²) in [4.78, 5) is 18.1. The molecule has 1 atom stereocenters. The van der Waals surface area contributed by atoms with Gasteiger partial charge in [-0.2, -0.15) is 4.98 Å². The van der Waals surface area contributed by atoms with E-state index in [9.17, 15) is 9.18 Å². The second-order valence-electron chi connectivity index (χ2n) is 7.87. The van der Waals surface area contributed by atoms with Gasteiger partial charge in [-0.1, -0.05) is 72.4 Å². The van der Waals surface area contributed by atoms with Crippen molar-refractivity contribution in [2.75, 3.05) is 10.6 Å². The normalized spacial score (nSPS) is 14.9. The minimum absolute atomic E-state index is 0.259. The van der Waals surface area contributed by atoms with Crippen LogP contribution in [0.2, 0.25) is 0 Å². The molecule has 5 rings (SSSR count). The first-order chi connectivity index (χ1) is 16.6. The van der Waals surface area contributed by atoms with Crippen LogP contribution in [0.25, 0.3) is 0 Å². The molecule has 34 heavy (non-hydrogen) atoms. The van der Waals surface area contributed by atoms with E-state index in [1.54, 1.807) is 16.8 Å². The largest absolute Gasteiger partial charge is 0.328 e. The van der Waals surface area contributed by atoms with Crippen molar-refractivity contribution in [3.63, 3.8) is 0 Å². The number of nitrogens with one attached hydrogen (secondary N) is 2. The lowest BCUT2D eigenvalue weighted by Gasteiger charge is -2.28. The summed E-state index contributed by atoms with van der Waals surface area (Å²) < 4.78 is 15.4. The molecule has 1 aliphatic rings. The maximum absolute atomic E-state index is 13.7. The second kappa shape index (κ2) is 9.52. The zero-order valence-corrected chi connectivity index (χ0v) is 19.2. The standard InChI is InChI=1S/C26H22FN5OS/c1-17-22(24(33)29-21-10-6-3-7-11-21)23(19-12-14-20(27)15-13-19)32-25(28-17)30-26(31-32)34-16-18-8-4-2-5-9-18/h2-15,23H,16H2,1H3,(H,29,33)(H,28,30,31)/t23-/m1/s1. The summed E-state index contributed by atoms with van der Waals surface area (Å²) in [6, 6.07) is 24.9. The van der Waals surface area contributed by atoms with E-state index in [0.717, 1.165) is 11.3 Å². The molecule has 6 nitrogen and oxygen atoms in total. The lowest BCUT2D eigenvalue weighted by molar-refractivity contribution is -0.113. The maximum atomic E-state index is 13.7. The van der Waals surface area contributed by atoms with Gasteiger partial charge >= 0.3 is 0 Å². The lowest BCUT2D eigenvalue weighted by Crippen LogP contribution is -2.31. The first-order valence-electron chi connectivity index (χ1n) is 10.8. The Balaban J connectivity index is 1.49. The monoisotopic (exact) mass is 471 g/mol. The van der Waals surface area contributed by atoms with E-state index in [1.165, 1.54) is 29.5 Å². The van der Waals surface area contributed by atoms with Gasteiger partial charge < -0.3 is 10.6 Å². The number of allylic oxidation sites excluding steroid dienone is 1. The first kappa shape index (κ1) is 21.9. The molecule has 0 saturated heterocycles. The van der Waals surface area contributed by atoms with Gasteiger partial charge in [0, 0.05) is 17.1 Å². The van der Waals surface area contributed by atoms with Crippen LogP contribution in [0.3, 0.4) is 0 Å². The Kier molecular flexibility index (Phi) is 6.14. The number of rotatable bonds is 6. The molecule has 0 fully saturated rings. The van der Waals surface area contributed by atoms with Gasteiger partial charge in [-0.3, -0.25) is 4.79 Å². The molecule has 2 heterocycles. The van der Waals surface area contributed by atoms with Crippen molar-refractivity contribution in [1.29, 1.82) is 0 Å². The summed E-state index contributed by atoms with van der Waals surface area (Å²) in [5.74, 6) is 0.662. The highest BCUT2D eigenvalue weighted by molar-refractivity contribution is 7.98. The molecule has 170 valence electrons. The number of aromatic nitrogens is 3. The number of hydrogen-bond acceptors (Lipinski definition) is 5. The molecule has 1 amide bonds. The fraction of sp³-hybridized carbons (Fsp3) is 0.115. The van der Waals surface area contributed by atoms with Crippen LogP contribution in [0, 0.1) is 5.82 Å². The van der Waals surface area contributed by atoms with Crippen molar-refractivity contribution in [2.24, 2.45) is 0 Å². The smallest absolute Gasteiger partial charge is 0.255 e. The summed E-state index contributed by atoms with van der Waals surface area (Å²) in [5, 5.41) is 11.5. The molecule has 1 aliphatic heterocycles. The van der Waals surface area contributed by atoms with Gasteiger partial charge in [0.2, 0.25) is 11.1 Å². The lowest BCUT2D eigenvalue weighted by atomic mass is 9.95. The Hall–Kier alpha value is -3.91. The van der Waals surface area contributed by atoms with Gasteiger partial charge in [-0.05, 0) is 42.3 Å². The van der Waals surface area contributed by atoms with E-state index in [2.05, 4.69) is 27.8 Å². The molecular weight excluding hydrogens is 449 g/mol. The molecule has 4 aromatic rings. The zero-order chi connectivity index (χ0) is 23.5. The number of anilines is 2. The van der Waals surface area contributed by atoms with Gasteiger partial charge in [0.1, 0.15) is 11.9 Å². The van der Waals surface area contributed by atoms with Gasteiger partial charge in [0.15, 0.2) is 0 Å². The first-order valence-corrected chi connectivity index (χ1v) is 11.8. The SMILES string of the molecule is CC1=C(C(=O)Nc2ccccc2)[C@@H](c2ccc(F)cc2)n2nc(SCc3ccccc3)nc2N1. The third-order valence-electron chi connectivity index (χ3n) is 5.51. The summed E-state index contributed by atoms with van der Waals surface area (Å²) in [6.45, 7) is 1.84. The van der Waals surface area contributed by atoms with E-state index < -0.39 is 6.04 Å². The highest BCUT2D eigenvalue weighted by Gasteiger charge is 2.34. The van der Waals surface area contributed by atoms with E-state index in [0.29, 0.717) is 28.1 Å². The van der Waals surface area contributed by atoms with Crippen LogP contribution in [0.1, 0.15) is 24.1 Å². The number of carbonyl (C=O) groups is 1. The average molecular weight is 472 g/mol. The van der Waals surface area contributed by atoms with E-state index in [1.807, 2.05) is 55.5 Å². The highest BCUT2D eigenvalue weighted by Crippen LogP contribution is 2.37. The molecule has 3 aromatic carbocycles. The number of thioether (sulfide) groups is 1. The molecule has 0 unspecified atom stereocenters. The average Bonchev–Trinajstić information content (AvgIpc) is 3.26. The van der Waals surface area contributed by atoms with Crippen molar-refractivity contribution < 1.29 is 9.18 Å². The molecule has 0 radical (unpaired) electrons. The van der Waals surface area contributed by atoms with E-state index in [-0.39, 0.29) is 11.7 Å². The number of para-hydroxylation sites is 1. The number of amides is 1.